The standard InChI is InChI=1S/C13H16ClN3/c1-17(9-7-10-4-3-8-16-10)13-11(14)5-2-6-12(13)15/h2-6,8,16H,7,9,15H2,1H3. The van der Waals surface area contributed by atoms with Gasteiger partial charge in [0.2, 0.25) is 0 Å². The lowest BCUT2D eigenvalue weighted by molar-refractivity contribution is 0.860. The zero-order chi connectivity index (χ0) is 12.3. The van der Waals surface area contributed by atoms with Crippen LogP contribution in [0.5, 0.6) is 0 Å². The molecule has 0 saturated carbocycles. The van der Waals surface area contributed by atoms with Crippen LogP contribution in [-0.4, -0.2) is 18.6 Å². The van der Waals surface area contributed by atoms with E-state index in [4.69, 9.17) is 17.3 Å². The molecule has 0 aliphatic rings. The second-order valence-electron chi connectivity index (χ2n) is 4.04. The number of nitrogen functional groups attached to an aromatic ring is 1. The predicted molar refractivity (Wildman–Crippen MR) is 73.6 cm³/mol. The fourth-order valence-corrected chi connectivity index (χ4v) is 2.18. The monoisotopic (exact) mass is 249 g/mol. The smallest absolute Gasteiger partial charge is 0.0786 e. The lowest BCUT2D eigenvalue weighted by atomic mass is 10.2. The van der Waals surface area contributed by atoms with E-state index in [0.717, 1.165) is 18.7 Å². The van der Waals surface area contributed by atoms with Gasteiger partial charge in [0.1, 0.15) is 0 Å². The summed E-state index contributed by atoms with van der Waals surface area (Å²) in [6.45, 7) is 0.869. The van der Waals surface area contributed by atoms with Crippen molar-refractivity contribution in [2.24, 2.45) is 0 Å². The zero-order valence-electron chi connectivity index (χ0n) is 9.78. The molecule has 1 aromatic carbocycles. The first-order valence-electron chi connectivity index (χ1n) is 5.56. The molecule has 3 N–H and O–H groups in total. The average molecular weight is 250 g/mol. The van der Waals surface area contributed by atoms with Crippen LogP contribution in [-0.2, 0) is 6.42 Å². The number of nitrogens with zero attached hydrogens (tertiary/aromatic N) is 1. The third kappa shape index (κ3) is 2.74. The molecule has 90 valence electrons. The Morgan fingerprint density at radius 2 is 2.12 bits per heavy atom. The molecule has 0 saturated heterocycles. The molecular weight excluding hydrogens is 234 g/mol. The Morgan fingerprint density at radius 1 is 1.29 bits per heavy atom. The number of rotatable bonds is 4. The Balaban J connectivity index is 2.07. The summed E-state index contributed by atoms with van der Waals surface area (Å²) in [7, 11) is 2.00. The van der Waals surface area contributed by atoms with Gasteiger partial charge in [-0.2, -0.15) is 0 Å². The second kappa shape index (κ2) is 5.15. The van der Waals surface area contributed by atoms with Crippen LogP contribution in [0.25, 0.3) is 0 Å². The van der Waals surface area contributed by atoms with Crippen LogP contribution in [0.4, 0.5) is 11.4 Å². The van der Waals surface area contributed by atoms with Crippen LogP contribution in [0, 0.1) is 0 Å². The highest BCUT2D eigenvalue weighted by Gasteiger charge is 2.09. The topological polar surface area (TPSA) is 45.0 Å². The van der Waals surface area contributed by atoms with Gasteiger partial charge in [0.15, 0.2) is 0 Å². The lowest BCUT2D eigenvalue weighted by Crippen LogP contribution is -2.21. The Labute approximate surface area is 106 Å². The van der Waals surface area contributed by atoms with Crippen LogP contribution in [0.2, 0.25) is 5.02 Å². The van der Waals surface area contributed by atoms with Crippen molar-refractivity contribution in [3.8, 4) is 0 Å². The molecule has 0 fully saturated rings. The van der Waals surface area contributed by atoms with Crippen LogP contribution in [0.1, 0.15) is 5.69 Å². The van der Waals surface area contributed by atoms with E-state index < -0.39 is 0 Å². The Hall–Kier alpha value is -1.61. The molecule has 0 atom stereocenters. The minimum atomic E-state index is 0.694. The molecule has 0 radical (unpaired) electrons. The molecule has 0 aliphatic heterocycles. The van der Waals surface area contributed by atoms with Crippen LogP contribution < -0.4 is 10.6 Å². The number of nitrogens with one attached hydrogen (secondary N) is 1. The van der Waals surface area contributed by atoms with Gasteiger partial charge in [-0.25, -0.2) is 0 Å². The number of hydrogen-bond acceptors (Lipinski definition) is 2. The largest absolute Gasteiger partial charge is 0.397 e. The molecule has 0 amide bonds. The summed E-state index contributed by atoms with van der Waals surface area (Å²) in [5, 5.41) is 0.694. The highest BCUT2D eigenvalue weighted by molar-refractivity contribution is 6.33. The maximum Gasteiger partial charge on any atom is 0.0786 e. The quantitative estimate of drug-likeness (QED) is 0.819. The number of halogens is 1. The highest BCUT2D eigenvalue weighted by atomic mass is 35.5. The second-order valence-corrected chi connectivity index (χ2v) is 4.45. The molecule has 0 bridgehead atoms. The molecule has 0 aliphatic carbocycles. The van der Waals surface area contributed by atoms with E-state index in [0.29, 0.717) is 10.7 Å². The van der Waals surface area contributed by atoms with E-state index in [1.165, 1.54) is 5.69 Å². The summed E-state index contributed by atoms with van der Waals surface area (Å²) in [5.74, 6) is 0. The normalized spacial score (nSPS) is 10.5. The van der Waals surface area contributed by atoms with E-state index in [1.54, 1.807) is 0 Å². The summed E-state index contributed by atoms with van der Waals surface area (Å²) in [5.41, 5.74) is 8.77. The fourth-order valence-electron chi connectivity index (χ4n) is 1.86. The van der Waals surface area contributed by atoms with Gasteiger partial charge in [0.05, 0.1) is 16.4 Å². The van der Waals surface area contributed by atoms with Crippen LogP contribution in [0.3, 0.4) is 0 Å². The summed E-state index contributed by atoms with van der Waals surface area (Å²) in [4.78, 5) is 5.26. The number of aromatic nitrogens is 1. The third-order valence-corrected chi connectivity index (χ3v) is 3.08. The Kier molecular flexibility index (Phi) is 3.59. The van der Waals surface area contributed by atoms with Gasteiger partial charge in [0, 0.05) is 31.9 Å². The minimum absolute atomic E-state index is 0.694. The Bertz CT molecular complexity index is 459. The van der Waals surface area contributed by atoms with Crippen molar-refractivity contribution in [3.63, 3.8) is 0 Å². The molecule has 0 unspecified atom stereocenters. The number of aromatic amines is 1. The number of H-pyrrole nitrogens is 1. The minimum Gasteiger partial charge on any atom is -0.397 e. The molecule has 0 spiro atoms. The molecule has 17 heavy (non-hydrogen) atoms. The summed E-state index contributed by atoms with van der Waals surface area (Å²) in [6, 6.07) is 9.66. The number of hydrogen-bond donors (Lipinski definition) is 2. The van der Waals surface area contributed by atoms with E-state index in [2.05, 4.69) is 16.0 Å². The van der Waals surface area contributed by atoms with Crippen LogP contribution in [0.15, 0.2) is 36.5 Å². The molecule has 1 aromatic heterocycles. The first kappa shape index (κ1) is 11.9. The van der Waals surface area contributed by atoms with Gasteiger partial charge in [-0.05, 0) is 24.3 Å². The summed E-state index contributed by atoms with van der Waals surface area (Å²) < 4.78 is 0. The van der Waals surface area contributed by atoms with Gasteiger partial charge >= 0.3 is 0 Å². The SMILES string of the molecule is CN(CCc1ccc[nH]1)c1c(N)cccc1Cl. The van der Waals surface area contributed by atoms with Crippen molar-refractivity contribution < 1.29 is 0 Å². The lowest BCUT2D eigenvalue weighted by Gasteiger charge is -2.22. The van der Waals surface area contributed by atoms with Gasteiger partial charge in [-0.15, -0.1) is 0 Å². The molecular formula is C13H16ClN3. The number of anilines is 2. The number of nitrogens with two attached hydrogens (primary N) is 1. The van der Waals surface area contributed by atoms with Crippen LogP contribution >= 0.6 is 11.6 Å². The van der Waals surface area contributed by atoms with Crippen molar-refractivity contribution in [2.45, 2.75) is 6.42 Å². The van der Waals surface area contributed by atoms with Gasteiger partial charge in [-0.1, -0.05) is 17.7 Å². The number of likely N-dealkylation sites (N-methyl/N-ethyl adjacent to an activating group) is 1. The van der Waals surface area contributed by atoms with E-state index in [9.17, 15) is 0 Å². The van der Waals surface area contributed by atoms with Crippen molar-refractivity contribution in [2.75, 3.05) is 24.2 Å². The molecule has 2 aromatic rings. The first-order chi connectivity index (χ1) is 8.18. The van der Waals surface area contributed by atoms with Crippen molar-refractivity contribution in [1.82, 2.24) is 4.98 Å². The van der Waals surface area contributed by atoms with Crippen molar-refractivity contribution in [3.05, 3.63) is 47.2 Å². The summed E-state index contributed by atoms with van der Waals surface area (Å²) in [6.07, 6.45) is 2.87. The molecule has 4 heteroatoms. The Morgan fingerprint density at radius 3 is 2.76 bits per heavy atom. The maximum atomic E-state index is 6.16. The summed E-state index contributed by atoms with van der Waals surface area (Å²) >= 11 is 6.16. The molecule has 3 nitrogen and oxygen atoms in total. The fraction of sp³-hybridized carbons (Fsp3) is 0.231. The van der Waals surface area contributed by atoms with E-state index in [1.807, 2.05) is 37.5 Å². The predicted octanol–water partition coefficient (Wildman–Crippen LogP) is 2.93. The van der Waals surface area contributed by atoms with E-state index >= 15 is 0 Å². The average Bonchev–Trinajstić information content (AvgIpc) is 2.79. The van der Waals surface area contributed by atoms with E-state index in [-0.39, 0.29) is 0 Å². The molecule has 2 rings (SSSR count). The van der Waals surface area contributed by atoms with Gasteiger partial charge in [0.25, 0.3) is 0 Å². The molecule has 1 heterocycles. The number of benzene rings is 1. The van der Waals surface area contributed by atoms with Gasteiger partial charge < -0.3 is 15.6 Å². The maximum absolute atomic E-state index is 6.16. The van der Waals surface area contributed by atoms with Crippen molar-refractivity contribution in [1.29, 1.82) is 0 Å². The van der Waals surface area contributed by atoms with Gasteiger partial charge in [-0.3, -0.25) is 0 Å². The van der Waals surface area contributed by atoms with Crippen molar-refractivity contribution >= 4 is 23.0 Å². The third-order valence-electron chi connectivity index (χ3n) is 2.78. The highest BCUT2D eigenvalue weighted by Crippen LogP contribution is 2.30. The first-order valence-corrected chi connectivity index (χ1v) is 5.93. The zero-order valence-corrected chi connectivity index (χ0v) is 10.5. The number of para-hydroxylation sites is 1.